The average molecular weight is 467 g/mol. The average Bonchev–Trinajstić information content (AvgIpc) is 3.47. The number of rotatable bonds is 4. The molecule has 0 radical (unpaired) electrons. The normalized spacial score (nSPS) is 11.6. The zero-order valence-electron chi connectivity index (χ0n) is 17.6. The third-order valence-electron chi connectivity index (χ3n) is 6.34. The number of aromatic amines is 2. The van der Waals surface area contributed by atoms with Crippen LogP contribution in [0.3, 0.4) is 0 Å². The van der Waals surface area contributed by atoms with Crippen LogP contribution >= 0.6 is 23.2 Å². The van der Waals surface area contributed by atoms with Gasteiger partial charge in [0, 0.05) is 40.1 Å². The fourth-order valence-electron chi connectivity index (χ4n) is 4.81. The summed E-state index contributed by atoms with van der Waals surface area (Å²) in [5.74, 6) is -0.0443. The molecule has 0 fully saturated rings. The van der Waals surface area contributed by atoms with Crippen LogP contribution in [0.2, 0.25) is 10.0 Å². The Labute approximate surface area is 201 Å². The van der Waals surface area contributed by atoms with Gasteiger partial charge in [0.1, 0.15) is 0 Å². The Morgan fingerprint density at radius 2 is 1.03 bits per heavy atom. The van der Waals surface area contributed by atoms with Gasteiger partial charge in [0.15, 0.2) is 0 Å². The molecule has 4 heteroatoms. The van der Waals surface area contributed by atoms with Crippen LogP contribution < -0.4 is 0 Å². The number of nitrogens with one attached hydrogen (secondary N) is 2. The molecule has 0 aliphatic rings. The molecule has 0 saturated carbocycles. The highest BCUT2D eigenvalue weighted by Gasteiger charge is 2.25. The van der Waals surface area contributed by atoms with E-state index in [1.165, 1.54) is 16.7 Å². The van der Waals surface area contributed by atoms with Crippen molar-refractivity contribution in [2.75, 3.05) is 0 Å². The van der Waals surface area contributed by atoms with Gasteiger partial charge in [0.25, 0.3) is 0 Å². The van der Waals surface area contributed by atoms with Crippen LogP contribution in [0.5, 0.6) is 0 Å². The van der Waals surface area contributed by atoms with Gasteiger partial charge in [-0.2, -0.15) is 0 Å². The van der Waals surface area contributed by atoms with Gasteiger partial charge in [-0.1, -0.05) is 89.9 Å². The minimum atomic E-state index is -0.0443. The molecule has 6 aromatic rings. The molecule has 0 bridgehead atoms. The summed E-state index contributed by atoms with van der Waals surface area (Å²) in [5, 5.41) is 3.55. The molecule has 6 rings (SSSR count). The van der Waals surface area contributed by atoms with Crippen molar-refractivity contribution in [2.24, 2.45) is 0 Å². The molecule has 4 aromatic carbocycles. The maximum atomic E-state index is 6.70. The second-order valence-corrected chi connectivity index (χ2v) is 9.05. The monoisotopic (exact) mass is 466 g/mol. The van der Waals surface area contributed by atoms with Gasteiger partial charge in [-0.15, -0.1) is 0 Å². The second-order valence-electron chi connectivity index (χ2n) is 8.23. The molecule has 2 nitrogen and oxygen atoms in total. The molecular formula is C29H20Cl2N2. The van der Waals surface area contributed by atoms with E-state index in [9.17, 15) is 0 Å². The molecule has 2 aromatic heterocycles. The van der Waals surface area contributed by atoms with Crippen molar-refractivity contribution in [1.82, 2.24) is 9.97 Å². The van der Waals surface area contributed by atoms with Crippen molar-refractivity contribution in [3.05, 3.63) is 130 Å². The van der Waals surface area contributed by atoms with E-state index in [2.05, 4.69) is 83.0 Å². The van der Waals surface area contributed by atoms with Crippen LogP contribution in [0.25, 0.3) is 32.9 Å². The van der Waals surface area contributed by atoms with Crippen molar-refractivity contribution in [3.8, 4) is 11.1 Å². The van der Waals surface area contributed by atoms with Crippen LogP contribution in [0.1, 0.15) is 22.6 Å². The summed E-state index contributed by atoms with van der Waals surface area (Å²) < 4.78 is 0. The highest BCUT2D eigenvalue weighted by molar-refractivity contribution is 6.36. The zero-order valence-corrected chi connectivity index (χ0v) is 19.2. The first kappa shape index (κ1) is 20.2. The van der Waals surface area contributed by atoms with E-state index < -0.39 is 0 Å². The SMILES string of the molecule is Clc1cccc2[nH]cc(C(c3ccc(-c4ccccc4)cc3)c3c[nH]c4cccc(Cl)c34)c12. The molecule has 0 aliphatic carbocycles. The van der Waals surface area contributed by atoms with E-state index in [0.29, 0.717) is 0 Å². The summed E-state index contributed by atoms with van der Waals surface area (Å²) in [4.78, 5) is 6.83. The molecular weight excluding hydrogens is 447 g/mol. The predicted molar refractivity (Wildman–Crippen MR) is 139 cm³/mol. The third-order valence-corrected chi connectivity index (χ3v) is 6.97. The van der Waals surface area contributed by atoms with Gasteiger partial charge in [-0.3, -0.25) is 0 Å². The molecule has 0 unspecified atom stereocenters. The van der Waals surface area contributed by atoms with Crippen molar-refractivity contribution in [2.45, 2.75) is 5.92 Å². The summed E-state index contributed by atoms with van der Waals surface area (Å²) in [6.45, 7) is 0. The number of fused-ring (bicyclic) bond motifs is 2. The Morgan fingerprint density at radius 1 is 0.515 bits per heavy atom. The fraction of sp³-hybridized carbons (Fsp3) is 0.0345. The maximum Gasteiger partial charge on any atom is 0.0502 e. The molecule has 0 saturated heterocycles. The molecule has 0 amide bonds. The lowest BCUT2D eigenvalue weighted by Crippen LogP contribution is -2.03. The number of hydrogen-bond donors (Lipinski definition) is 2. The summed E-state index contributed by atoms with van der Waals surface area (Å²) >= 11 is 13.4. The molecule has 160 valence electrons. The highest BCUT2D eigenvalue weighted by Crippen LogP contribution is 2.43. The van der Waals surface area contributed by atoms with Crippen molar-refractivity contribution < 1.29 is 0 Å². The van der Waals surface area contributed by atoms with E-state index in [-0.39, 0.29) is 5.92 Å². The van der Waals surface area contributed by atoms with Gasteiger partial charge in [-0.05, 0) is 52.1 Å². The molecule has 33 heavy (non-hydrogen) atoms. The highest BCUT2D eigenvalue weighted by atomic mass is 35.5. The molecule has 0 aliphatic heterocycles. The van der Waals surface area contributed by atoms with E-state index in [0.717, 1.165) is 43.0 Å². The lowest BCUT2D eigenvalue weighted by atomic mass is 9.84. The first-order valence-corrected chi connectivity index (χ1v) is 11.6. The number of benzene rings is 4. The topological polar surface area (TPSA) is 31.6 Å². The molecule has 2 heterocycles. The van der Waals surface area contributed by atoms with Gasteiger partial charge in [-0.25, -0.2) is 0 Å². The summed E-state index contributed by atoms with van der Waals surface area (Å²) in [5.41, 5.74) is 7.87. The van der Waals surface area contributed by atoms with Crippen LogP contribution in [0.4, 0.5) is 0 Å². The lowest BCUT2D eigenvalue weighted by molar-refractivity contribution is 0.998. The largest absolute Gasteiger partial charge is 0.361 e. The first-order valence-electron chi connectivity index (χ1n) is 10.9. The Kier molecular flexibility index (Phi) is 4.98. The van der Waals surface area contributed by atoms with Gasteiger partial charge < -0.3 is 9.97 Å². The van der Waals surface area contributed by atoms with Gasteiger partial charge in [0.2, 0.25) is 0 Å². The predicted octanol–water partition coefficient (Wildman–Crippen LogP) is 8.80. The number of halogens is 2. The molecule has 2 N–H and O–H groups in total. The van der Waals surface area contributed by atoms with Crippen LogP contribution in [0, 0.1) is 0 Å². The number of aromatic nitrogens is 2. The minimum Gasteiger partial charge on any atom is -0.361 e. The lowest BCUT2D eigenvalue weighted by Gasteiger charge is -2.19. The number of H-pyrrole nitrogens is 2. The number of hydrogen-bond acceptors (Lipinski definition) is 0. The zero-order chi connectivity index (χ0) is 22.4. The Balaban J connectivity index is 1.58. The van der Waals surface area contributed by atoms with Crippen molar-refractivity contribution in [3.63, 3.8) is 0 Å². The summed E-state index contributed by atoms with van der Waals surface area (Å²) in [6, 6.07) is 31.1. The van der Waals surface area contributed by atoms with Crippen LogP contribution in [-0.4, -0.2) is 9.97 Å². The van der Waals surface area contributed by atoms with Crippen molar-refractivity contribution >= 4 is 45.0 Å². The Morgan fingerprint density at radius 3 is 1.58 bits per heavy atom. The van der Waals surface area contributed by atoms with Gasteiger partial charge >= 0.3 is 0 Å². The van der Waals surface area contributed by atoms with E-state index >= 15 is 0 Å². The fourth-order valence-corrected chi connectivity index (χ4v) is 5.38. The molecule has 0 atom stereocenters. The smallest absolute Gasteiger partial charge is 0.0502 e. The molecule has 0 spiro atoms. The maximum absolute atomic E-state index is 6.70. The minimum absolute atomic E-state index is 0.0443. The summed E-state index contributed by atoms with van der Waals surface area (Å²) in [7, 11) is 0. The first-order chi connectivity index (χ1) is 16.2. The van der Waals surface area contributed by atoms with Gasteiger partial charge in [0.05, 0.1) is 10.0 Å². The van der Waals surface area contributed by atoms with Crippen molar-refractivity contribution in [1.29, 1.82) is 0 Å². The Bertz CT molecular complexity index is 1500. The van der Waals surface area contributed by atoms with Crippen LogP contribution in [-0.2, 0) is 0 Å². The quantitative estimate of drug-likeness (QED) is 0.260. The standard InChI is InChI=1S/C29H20Cl2N2/c30-23-8-4-10-25-28(23)21(16-32-25)27(22-17-33-26-11-5-9-24(31)29(22)26)20-14-12-19(13-15-20)18-6-2-1-3-7-18/h1-17,27,32-33H. The van der Waals surface area contributed by atoms with E-state index in [4.69, 9.17) is 23.2 Å². The third kappa shape index (κ3) is 3.43. The van der Waals surface area contributed by atoms with Crippen LogP contribution in [0.15, 0.2) is 103 Å². The second kappa shape index (κ2) is 8.15. The van der Waals surface area contributed by atoms with E-state index in [1.54, 1.807) is 0 Å². The Hall–Kier alpha value is -3.46. The summed E-state index contributed by atoms with van der Waals surface area (Å²) in [6.07, 6.45) is 4.14. The van der Waals surface area contributed by atoms with E-state index in [1.807, 2.05) is 30.3 Å².